The SMILES string of the molecule is Cc1cc(I)ccc1NC(=O)c1ccco1. The maximum atomic E-state index is 11.7. The summed E-state index contributed by atoms with van der Waals surface area (Å²) < 4.78 is 6.16. The fraction of sp³-hybridized carbons (Fsp3) is 0.0833. The van der Waals surface area contributed by atoms with E-state index < -0.39 is 0 Å². The van der Waals surface area contributed by atoms with Gasteiger partial charge in [0.15, 0.2) is 5.76 Å². The number of halogens is 1. The molecule has 0 unspecified atom stereocenters. The first-order valence-corrected chi connectivity index (χ1v) is 5.86. The lowest BCUT2D eigenvalue weighted by Crippen LogP contribution is -2.11. The molecular weight excluding hydrogens is 317 g/mol. The van der Waals surface area contributed by atoms with Crippen molar-refractivity contribution in [2.45, 2.75) is 6.92 Å². The predicted molar refractivity (Wildman–Crippen MR) is 70.6 cm³/mol. The van der Waals surface area contributed by atoms with Crippen molar-refractivity contribution in [1.29, 1.82) is 0 Å². The molecule has 1 aromatic carbocycles. The van der Waals surface area contributed by atoms with Crippen LogP contribution in [0.25, 0.3) is 0 Å². The third-order valence-electron chi connectivity index (χ3n) is 2.18. The van der Waals surface area contributed by atoms with Gasteiger partial charge in [0.05, 0.1) is 6.26 Å². The Labute approximate surface area is 107 Å². The number of furan rings is 1. The Balaban J connectivity index is 2.18. The fourth-order valence-corrected chi connectivity index (χ4v) is 2.01. The minimum Gasteiger partial charge on any atom is -0.459 e. The summed E-state index contributed by atoms with van der Waals surface area (Å²) in [7, 11) is 0. The van der Waals surface area contributed by atoms with Crippen LogP contribution in [0.5, 0.6) is 0 Å². The average Bonchev–Trinajstić information content (AvgIpc) is 2.75. The maximum absolute atomic E-state index is 11.7. The Morgan fingerprint density at radius 2 is 2.19 bits per heavy atom. The number of aryl methyl sites for hydroxylation is 1. The monoisotopic (exact) mass is 327 g/mol. The van der Waals surface area contributed by atoms with E-state index in [1.54, 1.807) is 12.1 Å². The van der Waals surface area contributed by atoms with Crippen LogP contribution in [-0.4, -0.2) is 5.91 Å². The van der Waals surface area contributed by atoms with Crippen molar-refractivity contribution in [3.63, 3.8) is 0 Å². The summed E-state index contributed by atoms with van der Waals surface area (Å²) in [4.78, 5) is 11.7. The van der Waals surface area contributed by atoms with Gasteiger partial charge in [-0.05, 0) is 65.4 Å². The molecule has 1 N–H and O–H groups in total. The highest BCUT2D eigenvalue weighted by Crippen LogP contribution is 2.18. The maximum Gasteiger partial charge on any atom is 0.291 e. The van der Waals surface area contributed by atoms with E-state index in [0.717, 1.165) is 14.8 Å². The Morgan fingerprint density at radius 1 is 1.38 bits per heavy atom. The first kappa shape index (κ1) is 11.2. The molecule has 1 amide bonds. The van der Waals surface area contributed by atoms with Crippen LogP contribution in [0, 0.1) is 10.5 Å². The van der Waals surface area contributed by atoms with Gasteiger partial charge in [-0.3, -0.25) is 4.79 Å². The summed E-state index contributed by atoms with van der Waals surface area (Å²) >= 11 is 2.24. The predicted octanol–water partition coefficient (Wildman–Crippen LogP) is 3.44. The number of rotatable bonds is 2. The number of amides is 1. The minimum atomic E-state index is -0.227. The molecule has 0 aliphatic heterocycles. The number of nitrogens with one attached hydrogen (secondary N) is 1. The molecule has 2 aromatic rings. The zero-order valence-electron chi connectivity index (χ0n) is 8.66. The minimum absolute atomic E-state index is 0.227. The molecule has 2 rings (SSSR count). The number of carbonyl (C=O) groups is 1. The first-order chi connectivity index (χ1) is 7.66. The average molecular weight is 327 g/mol. The van der Waals surface area contributed by atoms with E-state index in [9.17, 15) is 4.79 Å². The van der Waals surface area contributed by atoms with E-state index in [2.05, 4.69) is 27.9 Å². The lowest BCUT2D eigenvalue weighted by Gasteiger charge is -2.07. The molecule has 3 nitrogen and oxygen atoms in total. The molecule has 0 saturated carbocycles. The van der Waals surface area contributed by atoms with Crippen LogP contribution in [0.15, 0.2) is 41.0 Å². The highest BCUT2D eigenvalue weighted by Gasteiger charge is 2.09. The van der Waals surface area contributed by atoms with Gasteiger partial charge in [0, 0.05) is 9.26 Å². The summed E-state index contributed by atoms with van der Waals surface area (Å²) in [5.41, 5.74) is 1.84. The van der Waals surface area contributed by atoms with Crippen LogP contribution >= 0.6 is 22.6 Å². The highest BCUT2D eigenvalue weighted by atomic mass is 127. The normalized spacial score (nSPS) is 10.1. The molecule has 0 saturated heterocycles. The van der Waals surface area contributed by atoms with Crippen molar-refractivity contribution in [3.05, 3.63) is 51.5 Å². The summed E-state index contributed by atoms with van der Waals surface area (Å²) in [5, 5.41) is 2.80. The van der Waals surface area contributed by atoms with Gasteiger partial charge in [0.25, 0.3) is 5.91 Å². The van der Waals surface area contributed by atoms with Gasteiger partial charge in [-0.25, -0.2) is 0 Å². The third-order valence-corrected chi connectivity index (χ3v) is 2.85. The topological polar surface area (TPSA) is 42.2 Å². The van der Waals surface area contributed by atoms with Gasteiger partial charge in [0.2, 0.25) is 0 Å². The Kier molecular flexibility index (Phi) is 3.28. The van der Waals surface area contributed by atoms with Crippen molar-refractivity contribution >= 4 is 34.2 Å². The second kappa shape index (κ2) is 4.69. The second-order valence-electron chi connectivity index (χ2n) is 3.39. The molecule has 0 aliphatic carbocycles. The molecule has 1 heterocycles. The number of benzene rings is 1. The third kappa shape index (κ3) is 2.44. The second-order valence-corrected chi connectivity index (χ2v) is 4.64. The zero-order valence-corrected chi connectivity index (χ0v) is 10.8. The number of hydrogen-bond acceptors (Lipinski definition) is 2. The number of anilines is 1. The van der Waals surface area contributed by atoms with Gasteiger partial charge in [-0.2, -0.15) is 0 Å². The van der Waals surface area contributed by atoms with E-state index in [1.807, 2.05) is 25.1 Å². The molecule has 1 aromatic heterocycles. The molecule has 0 atom stereocenters. The molecule has 4 heteroatoms. The smallest absolute Gasteiger partial charge is 0.291 e. The standard InChI is InChI=1S/C12H10INO2/c1-8-7-9(13)4-5-10(8)14-12(15)11-3-2-6-16-11/h2-7H,1H3,(H,14,15). The number of hydrogen-bond donors (Lipinski definition) is 1. The van der Waals surface area contributed by atoms with Crippen LogP contribution in [0.4, 0.5) is 5.69 Å². The molecule has 0 radical (unpaired) electrons. The quantitative estimate of drug-likeness (QED) is 0.859. The first-order valence-electron chi connectivity index (χ1n) is 4.78. The van der Waals surface area contributed by atoms with Crippen molar-refractivity contribution < 1.29 is 9.21 Å². The Hall–Kier alpha value is -1.30. The summed E-state index contributed by atoms with van der Waals surface area (Å²) in [6.07, 6.45) is 1.48. The molecule has 0 bridgehead atoms. The number of carbonyl (C=O) groups excluding carboxylic acids is 1. The van der Waals surface area contributed by atoms with E-state index in [1.165, 1.54) is 6.26 Å². The molecule has 0 aliphatic rings. The van der Waals surface area contributed by atoms with Crippen LogP contribution in [-0.2, 0) is 0 Å². The Bertz CT molecular complexity index is 506. The van der Waals surface area contributed by atoms with Gasteiger partial charge < -0.3 is 9.73 Å². The van der Waals surface area contributed by atoms with Crippen molar-refractivity contribution in [2.24, 2.45) is 0 Å². The fourth-order valence-electron chi connectivity index (χ4n) is 1.36. The van der Waals surface area contributed by atoms with Crippen LogP contribution in [0.3, 0.4) is 0 Å². The summed E-state index contributed by atoms with van der Waals surface area (Å²) in [6, 6.07) is 9.18. The molecule has 0 fully saturated rings. The summed E-state index contributed by atoms with van der Waals surface area (Å²) in [6.45, 7) is 1.96. The largest absolute Gasteiger partial charge is 0.459 e. The van der Waals surface area contributed by atoms with Gasteiger partial charge in [-0.1, -0.05) is 0 Å². The van der Waals surface area contributed by atoms with Crippen molar-refractivity contribution in [1.82, 2.24) is 0 Å². The van der Waals surface area contributed by atoms with Crippen LogP contribution < -0.4 is 5.32 Å². The summed E-state index contributed by atoms with van der Waals surface area (Å²) in [5.74, 6) is 0.0901. The lowest BCUT2D eigenvalue weighted by atomic mass is 10.2. The molecule has 16 heavy (non-hydrogen) atoms. The molecule has 82 valence electrons. The van der Waals surface area contributed by atoms with E-state index in [-0.39, 0.29) is 5.91 Å². The van der Waals surface area contributed by atoms with E-state index in [4.69, 9.17) is 4.42 Å². The van der Waals surface area contributed by atoms with Gasteiger partial charge >= 0.3 is 0 Å². The van der Waals surface area contributed by atoms with Gasteiger partial charge in [-0.15, -0.1) is 0 Å². The molecular formula is C12H10INO2. The van der Waals surface area contributed by atoms with Gasteiger partial charge in [0.1, 0.15) is 0 Å². The van der Waals surface area contributed by atoms with Crippen molar-refractivity contribution in [2.75, 3.05) is 5.32 Å². The van der Waals surface area contributed by atoms with E-state index >= 15 is 0 Å². The zero-order chi connectivity index (χ0) is 11.5. The van der Waals surface area contributed by atoms with Crippen LogP contribution in [0.2, 0.25) is 0 Å². The van der Waals surface area contributed by atoms with Crippen LogP contribution in [0.1, 0.15) is 16.1 Å². The lowest BCUT2D eigenvalue weighted by molar-refractivity contribution is 0.0996. The molecule has 0 spiro atoms. The highest BCUT2D eigenvalue weighted by molar-refractivity contribution is 14.1. The van der Waals surface area contributed by atoms with Crippen molar-refractivity contribution in [3.8, 4) is 0 Å². The van der Waals surface area contributed by atoms with E-state index in [0.29, 0.717) is 5.76 Å². The Morgan fingerprint density at radius 3 is 2.81 bits per heavy atom.